The van der Waals surface area contributed by atoms with Gasteiger partial charge in [0.15, 0.2) is 5.96 Å². The van der Waals surface area contributed by atoms with Crippen LogP contribution in [0.1, 0.15) is 30.7 Å². The minimum Gasteiger partial charge on any atom is -0.469 e. The van der Waals surface area contributed by atoms with Crippen molar-refractivity contribution in [3.8, 4) is 0 Å². The number of likely N-dealkylation sites (tertiary alicyclic amines) is 1. The van der Waals surface area contributed by atoms with E-state index in [1.54, 1.807) is 18.4 Å². The number of hydrogen-bond donors (Lipinski definition) is 2. The van der Waals surface area contributed by atoms with Gasteiger partial charge in [-0.2, -0.15) is 0 Å². The fourth-order valence-electron chi connectivity index (χ4n) is 2.89. The number of nitrogens with zero attached hydrogens (tertiary/aromatic N) is 2. The second kappa shape index (κ2) is 11.7. The lowest BCUT2D eigenvalue weighted by molar-refractivity contribution is -0.144. The van der Waals surface area contributed by atoms with Gasteiger partial charge >= 0.3 is 5.97 Å². The number of ether oxygens (including phenoxy) is 1. The van der Waals surface area contributed by atoms with Crippen molar-refractivity contribution in [2.45, 2.75) is 25.8 Å². The summed E-state index contributed by atoms with van der Waals surface area (Å²) in [5.74, 6) is 0.290. The lowest BCUT2D eigenvalue weighted by Gasteiger charge is -2.27. The van der Waals surface area contributed by atoms with Crippen molar-refractivity contribution in [3.63, 3.8) is 0 Å². The van der Waals surface area contributed by atoms with E-state index in [1.807, 2.05) is 6.92 Å². The third-order valence-corrected chi connectivity index (χ3v) is 5.29. The van der Waals surface area contributed by atoms with Gasteiger partial charge in [0, 0.05) is 25.0 Å². The van der Waals surface area contributed by atoms with Crippen LogP contribution in [0.4, 0.5) is 0 Å². The smallest absolute Gasteiger partial charge is 0.310 e. The third-order valence-electron chi connectivity index (χ3n) is 4.32. The molecule has 0 spiro atoms. The maximum atomic E-state index is 11.5. The van der Waals surface area contributed by atoms with Crippen LogP contribution in [0.15, 0.2) is 22.5 Å². The Kier molecular flexibility index (Phi) is 10.4. The second-order valence-electron chi connectivity index (χ2n) is 6.03. The number of guanidine groups is 1. The van der Waals surface area contributed by atoms with E-state index in [9.17, 15) is 4.79 Å². The average Bonchev–Trinajstić information content (AvgIpc) is 3.30. The van der Waals surface area contributed by atoms with Gasteiger partial charge in [-0.1, -0.05) is 13.0 Å². The molecule has 0 radical (unpaired) electrons. The predicted octanol–water partition coefficient (Wildman–Crippen LogP) is 2.48. The van der Waals surface area contributed by atoms with E-state index in [-0.39, 0.29) is 35.9 Å². The normalized spacial score (nSPS) is 17.5. The second-order valence-corrected chi connectivity index (χ2v) is 7.01. The fourth-order valence-corrected chi connectivity index (χ4v) is 3.75. The Hall–Kier alpha value is -0.870. The van der Waals surface area contributed by atoms with E-state index in [0.29, 0.717) is 18.5 Å². The summed E-state index contributed by atoms with van der Waals surface area (Å²) in [5, 5.41) is 8.73. The molecule has 0 aliphatic carbocycles. The van der Waals surface area contributed by atoms with E-state index in [1.165, 1.54) is 24.8 Å². The van der Waals surface area contributed by atoms with Gasteiger partial charge < -0.3 is 15.4 Å². The number of hydrogen-bond acceptors (Lipinski definition) is 5. The van der Waals surface area contributed by atoms with Crippen LogP contribution in [-0.4, -0.2) is 57.2 Å². The molecule has 6 nitrogen and oxygen atoms in total. The molecule has 1 aromatic heterocycles. The molecule has 2 rings (SSSR count). The maximum absolute atomic E-state index is 11.5. The van der Waals surface area contributed by atoms with Gasteiger partial charge in [0.2, 0.25) is 0 Å². The average molecular weight is 480 g/mol. The number of rotatable bonds is 7. The van der Waals surface area contributed by atoms with Crippen LogP contribution in [-0.2, 0) is 9.53 Å². The number of aliphatic imine (C=N–C) groups is 1. The Balaban J connectivity index is 0.00000312. The highest BCUT2D eigenvalue weighted by molar-refractivity contribution is 14.0. The van der Waals surface area contributed by atoms with Crippen molar-refractivity contribution in [3.05, 3.63) is 22.4 Å². The highest BCUT2D eigenvalue weighted by Crippen LogP contribution is 2.27. The largest absolute Gasteiger partial charge is 0.469 e. The van der Waals surface area contributed by atoms with E-state index >= 15 is 0 Å². The lowest BCUT2D eigenvalue weighted by Crippen LogP contribution is -2.44. The molecule has 8 heteroatoms. The van der Waals surface area contributed by atoms with Gasteiger partial charge in [-0.05, 0) is 37.4 Å². The number of carbonyl (C=O) groups is 1. The first-order valence-electron chi connectivity index (χ1n) is 8.45. The summed E-state index contributed by atoms with van der Waals surface area (Å²) in [7, 11) is 3.15. The first kappa shape index (κ1) is 22.2. The van der Waals surface area contributed by atoms with Crippen LogP contribution in [0, 0.1) is 5.92 Å². The van der Waals surface area contributed by atoms with Gasteiger partial charge in [0.05, 0.1) is 19.1 Å². The molecule has 0 amide bonds. The van der Waals surface area contributed by atoms with Crippen LogP contribution in [0.5, 0.6) is 0 Å². The molecule has 1 saturated heterocycles. The monoisotopic (exact) mass is 480 g/mol. The summed E-state index contributed by atoms with van der Waals surface area (Å²) in [5.41, 5.74) is 0. The zero-order valence-electron chi connectivity index (χ0n) is 15.2. The molecule has 1 aliphatic heterocycles. The summed E-state index contributed by atoms with van der Waals surface area (Å²) < 4.78 is 4.75. The van der Waals surface area contributed by atoms with Crippen molar-refractivity contribution in [1.29, 1.82) is 0 Å². The maximum Gasteiger partial charge on any atom is 0.310 e. The highest BCUT2D eigenvalue weighted by atomic mass is 127. The summed E-state index contributed by atoms with van der Waals surface area (Å²) in [6.45, 7) is 5.43. The van der Waals surface area contributed by atoms with Crippen molar-refractivity contribution in [1.82, 2.24) is 15.5 Å². The summed E-state index contributed by atoms with van der Waals surface area (Å²) in [6.07, 6.45) is 2.54. The van der Waals surface area contributed by atoms with Crippen LogP contribution in [0.2, 0.25) is 0 Å². The standard InChI is InChI=1S/C17H28N4O2S.HI/c1-13(16(22)23-3)11-19-17(18-2)20-12-14(15-7-6-10-24-15)21-8-4-5-9-21;/h6-7,10,13-14H,4-5,8-9,11-12H2,1-3H3,(H2,18,19,20);1H. The highest BCUT2D eigenvalue weighted by Gasteiger charge is 2.24. The number of carbonyl (C=O) groups excluding carboxylic acids is 1. The summed E-state index contributed by atoms with van der Waals surface area (Å²) >= 11 is 1.80. The molecule has 0 aromatic carbocycles. The van der Waals surface area contributed by atoms with Gasteiger partial charge in [-0.25, -0.2) is 0 Å². The topological polar surface area (TPSA) is 66.0 Å². The van der Waals surface area contributed by atoms with E-state index in [2.05, 4.69) is 38.0 Å². The Morgan fingerprint density at radius 3 is 2.60 bits per heavy atom. The molecular formula is C17H29IN4O2S. The van der Waals surface area contributed by atoms with Gasteiger partial charge in [0.1, 0.15) is 0 Å². The van der Waals surface area contributed by atoms with Crippen LogP contribution in [0.25, 0.3) is 0 Å². The van der Waals surface area contributed by atoms with E-state index < -0.39 is 0 Å². The molecule has 1 aliphatic rings. The summed E-state index contributed by atoms with van der Waals surface area (Å²) in [6, 6.07) is 4.67. The van der Waals surface area contributed by atoms with Crippen LogP contribution < -0.4 is 10.6 Å². The zero-order valence-corrected chi connectivity index (χ0v) is 18.3. The number of nitrogens with one attached hydrogen (secondary N) is 2. The Bertz CT molecular complexity index is 533. The molecule has 2 heterocycles. The molecular weight excluding hydrogens is 451 g/mol. The van der Waals surface area contributed by atoms with Gasteiger partial charge in [0.25, 0.3) is 0 Å². The van der Waals surface area contributed by atoms with Crippen molar-refractivity contribution in [2.24, 2.45) is 10.9 Å². The SMILES string of the molecule is CN=C(NCC(C)C(=O)OC)NCC(c1cccs1)N1CCCC1.I. The van der Waals surface area contributed by atoms with Gasteiger partial charge in [-0.3, -0.25) is 14.7 Å². The number of halogens is 1. The summed E-state index contributed by atoms with van der Waals surface area (Å²) in [4.78, 5) is 19.6. The van der Waals surface area contributed by atoms with Crippen molar-refractivity contribution < 1.29 is 9.53 Å². The van der Waals surface area contributed by atoms with E-state index in [4.69, 9.17) is 4.74 Å². The molecule has 2 unspecified atom stereocenters. The predicted molar refractivity (Wildman–Crippen MR) is 114 cm³/mol. The fraction of sp³-hybridized carbons (Fsp3) is 0.647. The van der Waals surface area contributed by atoms with Crippen molar-refractivity contribution >= 4 is 47.2 Å². The molecule has 2 N–H and O–H groups in total. The number of thiophene rings is 1. The lowest BCUT2D eigenvalue weighted by atomic mass is 10.2. The molecule has 0 bridgehead atoms. The minimum absolute atomic E-state index is 0. The quantitative estimate of drug-likeness (QED) is 0.272. The van der Waals surface area contributed by atoms with Gasteiger partial charge in [-0.15, -0.1) is 35.3 Å². The molecule has 1 aromatic rings. The van der Waals surface area contributed by atoms with Crippen LogP contribution in [0.3, 0.4) is 0 Å². The molecule has 1 fully saturated rings. The molecule has 0 saturated carbocycles. The molecule has 142 valence electrons. The third kappa shape index (κ3) is 6.74. The minimum atomic E-state index is -0.216. The zero-order chi connectivity index (χ0) is 17.4. The van der Waals surface area contributed by atoms with Crippen molar-refractivity contribution in [2.75, 3.05) is 40.3 Å². The molecule has 2 atom stereocenters. The van der Waals surface area contributed by atoms with Crippen LogP contribution >= 0.6 is 35.3 Å². The first-order valence-corrected chi connectivity index (χ1v) is 9.33. The Morgan fingerprint density at radius 2 is 2.04 bits per heavy atom. The Labute approximate surface area is 171 Å². The first-order chi connectivity index (χ1) is 11.7. The van der Waals surface area contributed by atoms with E-state index in [0.717, 1.165) is 19.6 Å². The number of esters is 1. The number of methoxy groups -OCH3 is 1. The Morgan fingerprint density at radius 1 is 1.36 bits per heavy atom. The molecule has 25 heavy (non-hydrogen) atoms.